The molecule has 2 aromatic rings. The summed E-state index contributed by atoms with van der Waals surface area (Å²) in [5, 5.41) is 10.4. The van der Waals surface area contributed by atoms with Crippen LogP contribution in [-0.2, 0) is 11.2 Å². The summed E-state index contributed by atoms with van der Waals surface area (Å²) in [7, 11) is 0. The molecular weight excluding hydrogens is 274 g/mol. The van der Waals surface area contributed by atoms with Crippen molar-refractivity contribution < 1.29 is 9.90 Å². The van der Waals surface area contributed by atoms with Crippen molar-refractivity contribution in [2.24, 2.45) is 0 Å². The molecule has 1 aromatic heterocycles. The first-order valence-corrected chi connectivity index (χ1v) is 7.49. The smallest absolute Gasteiger partial charge is 0.304 e. The summed E-state index contributed by atoms with van der Waals surface area (Å²) in [4.78, 5) is 19.7. The molecule has 0 atom stereocenters. The van der Waals surface area contributed by atoms with Crippen LogP contribution < -0.4 is 5.73 Å². The van der Waals surface area contributed by atoms with E-state index < -0.39 is 5.97 Å². The molecule has 0 fully saturated rings. The van der Waals surface area contributed by atoms with Gasteiger partial charge in [0.1, 0.15) is 10.9 Å². The van der Waals surface area contributed by atoms with E-state index in [1.807, 2.05) is 18.2 Å². The van der Waals surface area contributed by atoms with Crippen LogP contribution in [0.4, 0.5) is 5.69 Å². The highest BCUT2D eigenvalue weighted by atomic mass is 32.2. The van der Waals surface area contributed by atoms with Gasteiger partial charge >= 0.3 is 5.97 Å². The van der Waals surface area contributed by atoms with Gasteiger partial charge in [-0.05, 0) is 24.6 Å². The van der Waals surface area contributed by atoms with Gasteiger partial charge in [0.15, 0.2) is 0 Å². The molecule has 0 bridgehead atoms. The number of benzene rings is 1. The number of nitrogens with two attached hydrogens (primary N) is 1. The molecule has 6 heteroatoms. The Morgan fingerprint density at radius 1 is 1.40 bits per heavy atom. The lowest BCUT2D eigenvalue weighted by Gasteiger charge is -2.08. The average molecular weight is 291 g/mol. The molecule has 2 rings (SSSR count). The van der Waals surface area contributed by atoms with Gasteiger partial charge in [0.25, 0.3) is 0 Å². The highest BCUT2D eigenvalue weighted by molar-refractivity contribution is 7.99. The Hall–Kier alpha value is -1.82. The van der Waals surface area contributed by atoms with Gasteiger partial charge in [-0.25, -0.2) is 9.97 Å². The minimum Gasteiger partial charge on any atom is -0.481 e. The van der Waals surface area contributed by atoms with Gasteiger partial charge in [-0.3, -0.25) is 4.79 Å². The number of aliphatic carboxylic acids is 1. The maximum absolute atomic E-state index is 10.6. The van der Waals surface area contributed by atoms with E-state index in [-0.39, 0.29) is 6.42 Å². The fraction of sp³-hybridized carbons (Fsp3) is 0.357. The maximum Gasteiger partial charge on any atom is 0.304 e. The van der Waals surface area contributed by atoms with Crippen molar-refractivity contribution in [3.8, 4) is 0 Å². The largest absolute Gasteiger partial charge is 0.481 e. The summed E-state index contributed by atoms with van der Waals surface area (Å²) >= 11 is 1.44. The van der Waals surface area contributed by atoms with Crippen LogP contribution in [0.25, 0.3) is 10.9 Å². The van der Waals surface area contributed by atoms with Gasteiger partial charge in [-0.2, -0.15) is 0 Å². The number of thioether (sulfide) groups is 1. The molecule has 0 aliphatic rings. The fourth-order valence-corrected chi connectivity index (χ4v) is 2.80. The van der Waals surface area contributed by atoms with E-state index in [2.05, 4.69) is 16.9 Å². The van der Waals surface area contributed by atoms with E-state index in [1.165, 1.54) is 11.8 Å². The van der Waals surface area contributed by atoms with Gasteiger partial charge < -0.3 is 10.8 Å². The standard InChI is InChI=1S/C14H17N3O2S/c1-2-3-12-16-11-5-4-9(15)8-10(11)14(17-12)20-7-6-13(18)19/h4-5,8H,2-3,6-7,15H2,1H3,(H,18,19). The number of anilines is 1. The second-order valence-electron chi connectivity index (χ2n) is 4.46. The molecule has 3 N–H and O–H groups in total. The molecule has 0 spiro atoms. The van der Waals surface area contributed by atoms with Gasteiger partial charge in [0.05, 0.1) is 11.9 Å². The summed E-state index contributed by atoms with van der Waals surface area (Å²) in [6.07, 6.45) is 1.90. The lowest BCUT2D eigenvalue weighted by molar-refractivity contribution is -0.136. The van der Waals surface area contributed by atoms with E-state index in [1.54, 1.807) is 0 Å². The molecule has 0 aliphatic heterocycles. The molecule has 0 aliphatic carbocycles. The average Bonchev–Trinajstić information content (AvgIpc) is 2.39. The highest BCUT2D eigenvalue weighted by Crippen LogP contribution is 2.27. The van der Waals surface area contributed by atoms with Crippen molar-refractivity contribution in [3.63, 3.8) is 0 Å². The van der Waals surface area contributed by atoms with Crippen LogP contribution in [0, 0.1) is 0 Å². The van der Waals surface area contributed by atoms with Crippen LogP contribution in [0.15, 0.2) is 23.2 Å². The van der Waals surface area contributed by atoms with Crippen LogP contribution >= 0.6 is 11.8 Å². The zero-order valence-corrected chi connectivity index (χ0v) is 12.1. The van der Waals surface area contributed by atoms with Gasteiger partial charge in [0, 0.05) is 23.2 Å². The molecule has 106 valence electrons. The maximum atomic E-state index is 10.6. The van der Waals surface area contributed by atoms with E-state index in [0.717, 1.165) is 34.6 Å². The minimum atomic E-state index is -0.802. The first kappa shape index (κ1) is 14.6. The Balaban J connectivity index is 2.36. The number of carboxylic acids is 1. The van der Waals surface area contributed by atoms with Crippen molar-refractivity contribution in [2.75, 3.05) is 11.5 Å². The number of fused-ring (bicyclic) bond motifs is 1. The molecule has 1 heterocycles. The fourth-order valence-electron chi connectivity index (χ4n) is 1.84. The zero-order chi connectivity index (χ0) is 14.5. The lowest BCUT2D eigenvalue weighted by Crippen LogP contribution is -2.00. The lowest BCUT2D eigenvalue weighted by atomic mass is 10.2. The normalized spacial score (nSPS) is 10.8. The van der Waals surface area contributed by atoms with Crippen LogP contribution in [0.2, 0.25) is 0 Å². The number of nitrogen functional groups attached to an aromatic ring is 1. The monoisotopic (exact) mass is 291 g/mol. The zero-order valence-electron chi connectivity index (χ0n) is 11.3. The summed E-state index contributed by atoms with van der Waals surface area (Å²) in [5.41, 5.74) is 7.32. The van der Waals surface area contributed by atoms with E-state index >= 15 is 0 Å². The number of nitrogens with zero attached hydrogens (tertiary/aromatic N) is 2. The van der Waals surface area contributed by atoms with Crippen molar-refractivity contribution in [1.29, 1.82) is 0 Å². The molecule has 0 radical (unpaired) electrons. The molecule has 20 heavy (non-hydrogen) atoms. The van der Waals surface area contributed by atoms with Crippen LogP contribution in [0.3, 0.4) is 0 Å². The number of carboxylic acid groups (broad SMARTS) is 1. The predicted molar refractivity (Wildman–Crippen MR) is 80.9 cm³/mol. The summed E-state index contributed by atoms with van der Waals surface area (Å²) in [6.45, 7) is 2.08. The van der Waals surface area contributed by atoms with Gasteiger partial charge in [-0.1, -0.05) is 6.92 Å². The number of carbonyl (C=O) groups is 1. The van der Waals surface area contributed by atoms with Crippen molar-refractivity contribution in [3.05, 3.63) is 24.0 Å². The van der Waals surface area contributed by atoms with Crippen LogP contribution in [0.1, 0.15) is 25.6 Å². The van der Waals surface area contributed by atoms with E-state index in [0.29, 0.717) is 11.4 Å². The number of aryl methyl sites for hydroxylation is 1. The number of rotatable bonds is 6. The molecule has 1 aromatic carbocycles. The van der Waals surface area contributed by atoms with Gasteiger partial charge in [0.2, 0.25) is 0 Å². The SMILES string of the molecule is CCCc1nc(SCCC(=O)O)c2cc(N)ccc2n1. The Morgan fingerprint density at radius 2 is 2.20 bits per heavy atom. The molecule has 0 unspecified atom stereocenters. The second-order valence-corrected chi connectivity index (χ2v) is 5.55. The van der Waals surface area contributed by atoms with Crippen molar-refractivity contribution in [2.45, 2.75) is 31.2 Å². The Labute approximate surface area is 121 Å². The first-order valence-electron chi connectivity index (χ1n) is 6.51. The van der Waals surface area contributed by atoms with Gasteiger partial charge in [-0.15, -0.1) is 11.8 Å². The third kappa shape index (κ3) is 3.60. The van der Waals surface area contributed by atoms with Crippen molar-refractivity contribution in [1.82, 2.24) is 9.97 Å². The number of aromatic nitrogens is 2. The van der Waals surface area contributed by atoms with Crippen LogP contribution in [-0.4, -0.2) is 26.8 Å². The molecular formula is C14H17N3O2S. The van der Waals surface area contributed by atoms with Crippen molar-refractivity contribution >= 4 is 34.3 Å². The van der Waals surface area contributed by atoms with Crippen LogP contribution in [0.5, 0.6) is 0 Å². The number of hydrogen-bond acceptors (Lipinski definition) is 5. The third-order valence-electron chi connectivity index (χ3n) is 2.76. The third-order valence-corrected chi connectivity index (χ3v) is 3.75. The molecule has 5 nitrogen and oxygen atoms in total. The Kier molecular flexibility index (Phi) is 4.79. The topological polar surface area (TPSA) is 89.1 Å². The van der Waals surface area contributed by atoms with E-state index in [4.69, 9.17) is 10.8 Å². The highest BCUT2D eigenvalue weighted by Gasteiger charge is 2.09. The summed E-state index contributed by atoms with van der Waals surface area (Å²) < 4.78 is 0. The molecule has 0 saturated heterocycles. The number of hydrogen-bond donors (Lipinski definition) is 2. The Morgan fingerprint density at radius 3 is 2.90 bits per heavy atom. The van der Waals surface area contributed by atoms with E-state index in [9.17, 15) is 4.79 Å². The summed E-state index contributed by atoms with van der Waals surface area (Å²) in [5.74, 6) is 0.480. The molecule has 0 saturated carbocycles. The Bertz CT molecular complexity index is 631. The molecule has 0 amide bonds. The second kappa shape index (κ2) is 6.56. The first-order chi connectivity index (χ1) is 9.60. The predicted octanol–water partition coefficient (Wildman–Crippen LogP) is 2.73. The minimum absolute atomic E-state index is 0.113. The summed E-state index contributed by atoms with van der Waals surface area (Å²) in [6, 6.07) is 5.54. The quantitative estimate of drug-likeness (QED) is 0.483.